The highest BCUT2D eigenvalue weighted by Crippen LogP contribution is 2.39. The first kappa shape index (κ1) is 8.11. The van der Waals surface area contributed by atoms with Crippen molar-refractivity contribution in [2.45, 2.75) is 13.8 Å². The fourth-order valence-electron chi connectivity index (χ4n) is 1.74. The third-order valence-electron chi connectivity index (χ3n) is 2.56. The van der Waals surface area contributed by atoms with Gasteiger partial charge in [-0.15, -0.1) is 0 Å². The highest BCUT2D eigenvalue weighted by molar-refractivity contribution is 5.79. The zero-order valence-corrected chi connectivity index (χ0v) is 7.83. The molecule has 1 N–H and O–H groups in total. The van der Waals surface area contributed by atoms with Gasteiger partial charge in [0.2, 0.25) is 0 Å². The van der Waals surface area contributed by atoms with E-state index in [0.29, 0.717) is 5.75 Å². The Bertz CT molecular complexity index is 381. The molecule has 2 rings (SSSR count). The lowest BCUT2D eigenvalue weighted by molar-refractivity contribution is 0.470. The van der Waals surface area contributed by atoms with Gasteiger partial charge in [0.25, 0.3) is 0 Å². The van der Waals surface area contributed by atoms with E-state index in [1.54, 1.807) is 0 Å². The van der Waals surface area contributed by atoms with Crippen molar-refractivity contribution in [1.82, 2.24) is 0 Å². The van der Waals surface area contributed by atoms with Gasteiger partial charge in [-0.3, -0.25) is 0 Å². The average Bonchev–Trinajstić information content (AvgIpc) is 2.40. The maximum Gasteiger partial charge on any atom is 0.122 e. The minimum atomic E-state index is 0.432. The van der Waals surface area contributed by atoms with Crippen LogP contribution < -0.4 is 0 Å². The van der Waals surface area contributed by atoms with Crippen LogP contribution in [0.5, 0.6) is 5.75 Å². The van der Waals surface area contributed by atoms with Gasteiger partial charge < -0.3 is 5.11 Å². The summed E-state index contributed by atoms with van der Waals surface area (Å²) in [4.78, 5) is 0. The SMILES string of the molecule is Cc1c2cccccc-2c(C)c1O. The second kappa shape index (κ2) is 2.77. The van der Waals surface area contributed by atoms with E-state index < -0.39 is 0 Å². The molecule has 1 nitrogen and oxygen atoms in total. The van der Waals surface area contributed by atoms with Crippen molar-refractivity contribution in [2.24, 2.45) is 0 Å². The standard InChI is InChI=1S/C12H12O/c1-8-10-6-4-3-5-7-11(10)9(2)12(8)13/h3-7,13H,1-2H3. The lowest BCUT2D eigenvalue weighted by atomic mass is 10.1. The summed E-state index contributed by atoms with van der Waals surface area (Å²) in [6.07, 6.45) is 0. The number of hydrogen-bond donors (Lipinski definition) is 1. The van der Waals surface area contributed by atoms with Crippen molar-refractivity contribution in [3.05, 3.63) is 41.5 Å². The molecule has 0 amide bonds. The van der Waals surface area contributed by atoms with Gasteiger partial charge >= 0.3 is 0 Å². The Balaban J connectivity index is 2.86. The maximum absolute atomic E-state index is 9.71. The summed E-state index contributed by atoms with van der Waals surface area (Å²) in [5.74, 6) is 0.432. The lowest BCUT2D eigenvalue weighted by Gasteiger charge is -1.93. The first-order valence-electron chi connectivity index (χ1n) is 4.38. The molecule has 0 saturated carbocycles. The zero-order valence-electron chi connectivity index (χ0n) is 7.83. The smallest absolute Gasteiger partial charge is 0.122 e. The van der Waals surface area contributed by atoms with Crippen molar-refractivity contribution in [3.63, 3.8) is 0 Å². The molecule has 0 fully saturated rings. The largest absolute Gasteiger partial charge is 0.507 e. The minimum Gasteiger partial charge on any atom is -0.507 e. The molecule has 0 heterocycles. The van der Waals surface area contributed by atoms with E-state index in [0.717, 1.165) is 22.3 Å². The molecule has 0 aliphatic heterocycles. The fourth-order valence-corrected chi connectivity index (χ4v) is 1.74. The molecule has 66 valence electrons. The summed E-state index contributed by atoms with van der Waals surface area (Å²) in [6, 6.07) is 10.1. The summed E-state index contributed by atoms with van der Waals surface area (Å²) in [6.45, 7) is 3.90. The molecule has 0 aromatic heterocycles. The van der Waals surface area contributed by atoms with Crippen LogP contribution in [0.25, 0.3) is 11.1 Å². The van der Waals surface area contributed by atoms with Crippen LogP contribution in [0.3, 0.4) is 0 Å². The molecule has 0 radical (unpaired) electrons. The Morgan fingerprint density at radius 1 is 0.846 bits per heavy atom. The van der Waals surface area contributed by atoms with Crippen LogP contribution in [0.1, 0.15) is 11.1 Å². The van der Waals surface area contributed by atoms with Crippen molar-refractivity contribution >= 4 is 0 Å². The molecular formula is C12H12O. The molecule has 0 aromatic carbocycles. The number of rotatable bonds is 0. The van der Waals surface area contributed by atoms with E-state index in [1.807, 2.05) is 44.2 Å². The van der Waals surface area contributed by atoms with Gasteiger partial charge in [0.15, 0.2) is 0 Å². The quantitative estimate of drug-likeness (QED) is 0.647. The third-order valence-corrected chi connectivity index (χ3v) is 2.56. The van der Waals surface area contributed by atoms with Gasteiger partial charge in [0.1, 0.15) is 5.75 Å². The molecular weight excluding hydrogens is 160 g/mol. The Morgan fingerprint density at radius 2 is 1.31 bits per heavy atom. The molecule has 2 aliphatic rings. The van der Waals surface area contributed by atoms with E-state index in [4.69, 9.17) is 0 Å². The normalized spacial score (nSPS) is 10.6. The molecule has 1 heteroatoms. The van der Waals surface area contributed by atoms with Gasteiger partial charge in [0.05, 0.1) is 0 Å². The van der Waals surface area contributed by atoms with Crippen LogP contribution >= 0.6 is 0 Å². The Morgan fingerprint density at radius 3 is 1.77 bits per heavy atom. The van der Waals surface area contributed by atoms with Crippen LogP contribution in [0.15, 0.2) is 30.3 Å². The first-order chi connectivity index (χ1) is 6.22. The van der Waals surface area contributed by atoms with Crippen LogP contribution in [0.2, 0.25) is 0 Å². The molecule has 0 unspecified atom stereocenters. The van der Waals surface area contributed by atoms with Crippen LogP contribution in [0, 0.1) is 13.8 Å². The number of hydrogen-bond acceptors (Lipinski definition) is 1. The molecule has 0 atom stereocenters. The number of fused-ring (bicyclic) bond motifs is 1. The second-order valence-corrected chi connectivity index (χ2v) is 3.34. The molecule has 0 bridgehead atoms. The van der Waals surface area contributed by atoms with E-state index in [-0.39, 0.29) is 0 Å². The molecule has 13 heavy (non-hydrogen) atoms. The Labute approximate surface area is 78.0 Å². The van der Waals surface area contributed by atoms with Crippen molar-refractivity contribution in [3.8, 4) is 16.9 Å². The summed E-state index contributed by atoms with van der Waals surface area (Å²) in [5, 5.41) is 9.71. The molecule has 0 saturated heterocycles. The summed E-state index contributed by atoms with van der Waals surface area (Å²) >= 11 is 0. The lowest BCUT2D eigenvalue weighted by Crippen LogP contribution is -1.70. The molecule has 0 aromatic rings. The van der Waals surface area contributed by atoms with E-state index in [1.165, 1.54) is 0 Å². The van der Waals surface area contributed by atoms with E-state index >= 15 is 0 Å². The summed E-state index contributed by atoms with van der Waals surface area (Å²) in [5.41, 5.74) is 4.23. The van der Waals surface area contributed by atoms with E-state index in [9.17, 15) is 5.11 Å². The number of aromatic hydroxyl groups is 1. The summed E-state index contributed by atoms with van der Waals surface area (Å²) < 4.78 is 0. The van der Waals surface area contributed by atoms with Gasteiger partial charge in [-0.05, 0) is 36.1 Å². The predicted octanol–water partition coefficient (Wildman–Crippen LogP) is 3.11. The topological polar surface area (TPSA) is 20.2 Å². The minimum absolute atomic E-state index is 0.432. The maximum atomic E-state index is 9.71. The Hall–Kier alpha value is -1.50. The monoisotopic (exact) mass is 172 g/mol. The summed E-state index contributed by atoms with van der Waals surface area (Å²) in [7, 11) is 0. The third kappa shape index (κ3) is 1.08. The van der Waals surface area contributed by atoms with Gasteiger partial charge in [0, 0.05) is 0 Å². The van der Waals surface area contributed by atoms with Crippen LogP contribution in [-0.2, 0) is 0 Å². The fraction of sp³-hybridized carbons (Fsp3) is 0.167. The van der Waals surface area contributed by atoms with Gasteiger partial charge in [-0.1, -0.05) is 30.3 Å². The van der Waals surface area contributed by atoms with Crippen LogP contribution in [0.4, 0.5) is 0 Å². The highest BCUT2D eigenvalue weighted by Gasteiger charge is 2.14. The first-order valence-corrected chi connectivity index (χ1v) is 4.38. The van der Waals surface area contributed by atoms with Crippen LogP contribution in [-0.4, -0.2) is 5.11 Å². The molecule has 2 aliphatic carbocycles. The zero-order chi connectivity index (χ0) is 9.42. The second-order valence-electron chi connectivity index (χ2n) is 3.34. The van der Waals surface area contributed by atoms with Gasteiger partial charge in [-0.25, -0.2) is 0 Å². The van der Waals surface area contributed by atoms with E-state index in [2.05, 4.69) is 0 Å². The van der Waals surface area contributed by atoms with Crippen molar-refractivity contribution < 1.29 is 5.11 Å². The molecule has 0 spiro atoms. The van der Waals surface area contributed by atoms with Crippen molar-refractivity contribution in [1.29, 1.82) is 0 Å². The van der Waals surface area contributed by atoms with Crippen molar-refractivity contribution in [2.75, 3.05) is 0 Å². The predicted molar refractivity (Wildman–Crippen MR) is 54.2 cm³/mol. The Kier molecular flexibility index (Phi) is 1.73. The highest BCUT2D eigenvalue weighted by atomic mass is 16.3. The average molecular weight is 172 g/mol. The van der Waals surface area contributed by atoms with Gasteiger partial charge in [-0.2, -0.15) is 0 Å².